The number of nitro benzene ring substituents is 1. The number of halogens is 1. The van der Waals surface area contributed by atoms with E-state index in [9.17, 15) is 14.5 Å². The van der Waals surface area contributed by atoms with Gasteiger partial charge in [-0.15, -0.1) is 0 Å². The van der Waals surface area contributed by atoms with Crippen LogP contribution in [0.4, 0.5) is 21.6 Å². The summed E-state index contributed by atoms with van der Waals surface area (Å²) in [7, 11) is 0. The molecule has 3 aromatic rings. The van der Waals surface area contributed by atoms with Crippen LogP contribution in [0.5, 0.6) is 0 Å². The summed E-state index contributed by atoms with van der Waals surface area (Å²) in [5.74, 6) is -0.758. The maximum atomic E-state index is 14.7. The summed E-state index contributed by atoms with van der Waals surface area (Å²) >= 11 is 0. The van der Waals surface area contributed by atoms with Crippen LogP contribution in [0.15, 0.2) is 36.4 Å². The summed E-state index contributed by atoms with van der Waals surface area (Å²) in [5.41, 5.74) is 5.95. The molecule has 23 heavy (non-hydrogen) atoms. The number of anilines is 2. The van der Waals surface area contributed by atoms with Gasteiger partial charge < -0.3 is 11.1 Å². The molecule has 0 aliphatic carbocycles. The van der Waals surface area contributed by atoms with Gasteiger partial charge in [-0.25, -0.2) is 4.39 Å². The molecule has 0 aliphatic rings. The fraction of sp³-hybridized carbons (Fsp3) is 0.133. The molecule has 0 bridgehead atoms. The number of aromatic nitrogens is 2. The molecular formula is C15H14FN5O2. The second kappa shape index (κ2) is 5.56. The van der Waals surface area contributed by atoms with Crippen molar-refractivity contribution in [3.05, 3.63) is 57.9 Å². The van der Waals surface area contributed by atoms with E-state index in [1.807, 2.05) is 30.3 Å². The van der Waals surface area contributed by atoms with Crippen molar-refractivity contribution in [2.24, 2.45) is 0 Å². The minimum Gasteiger partial charge on any atom is -0.382 e. The maximum absolute atomic E-state index is 14.7. The largest absolute Gasteiger partial charge is 0.382 e. The van der Waals surface area contributed by atoms with Gasteiger partial charge in [0, 0.05) is 12.1 Å². The zero-order valence-corrected chi connectivity index (χ0v) is 12.2. The van der Waals surface area contributed by atoms with Crippen molar-refractivity contribution in [3.63, 3.8) is 0 Å². The molecule has 0 radical (unpaired) electrons. The van der Waals surface area contributed by atoms with Gasteiger partial charge in [-0.3, -0.25) is 15.2 Å². The molecule has 0 spiro atoms. The highest BCUT2D eigenvalue weighted by atomic mass is 19.1. The Morgan fingerprint density at radius 2 is 2.09 bits per heavy atom. The van der Waals surface area contributed by atoms with Crippen molar-refractivity contribution in [2.75, 3.05) is 11.1 Å². The molecule has 3 rings (SSSR count). The molecular weight excluding hydrogens is 301 g/mol. The number of nitrogen functional groups attached to an aromatic ring is 1. The number of H-pyrrole nitrogens is 1. The molecule has 118 valence electrons. The van der Waals surface area contributed by atoms with Crippen molar-refractivity contribution in [3.8, 4) is 0 Å². The highest BCUT2D eigenvalue weighted by Crippen LogP contribution is 2.37. The number of nitro groups is 1. The summed E-state index contributed by atoms with van der Waals surface area (Å²) in [6.45, 7) is 1.80. The number of nitrogens with zero attached hydrogens (tertiary/aromatic N) is 2. The van der Waals surface area contributed by atoms with Crippen molar-refractivity contribution in [2.45, 2.75) is 13.0 Å². The Labute approximate surface area is 130 Å². The normalized spacial score (nSPS) is 12.3. The van der Waals surface area contributed by atoms with E-state index in [0.29, 0.717) is 0 Å². The molecule has 0 saturated carbocycles. The van der Waals surface area contributed by atoms with Crippen LogP contribution in [0.25, 0.3) is 10.9 Å². The smallest absolute Gasteiger partial charge is 0.296 e. The number of rotatable bonds is 4. The van der Waals surface area contributed by atoms with Crippen LogP contribution in [0, 0.1) is 15.9 Å². The molecule has 4 N–H and O–H groups in total. The average Bonchev–Trinajstić information content (AvgIpc) is 2.92. The van der Waals surface area contributed by atoms with E-state index >= 15 is 0 Å². The van der Waals surface area contributed by atoms with Crippen LogP contribution >= 0.6 is 0 Å². The second-order valence-electron chi connectivity index (χ2n) is 5.15. The number of benzene rings is 2. The Kier molecular flexibility index (Phi) is 3.57. The third-order valence-corrected chi connectivity index (χ3v) is 3.67. The van der Waals surface area contributed by atoms with E-state index in [-0.39, 0.29) is 34.1 Å². The topological polar surface area (TPSA) is 110 Å². The lowest BCUT2D eigenvalue weighted by Gasteiger charge is -2.16. The van der Waals surface area contributed by atoms with Crippen molar-refractivity contribution in [1.82, 2.24) is 10.2 Å². The number of nitrogens with one attached hydrogen (secondary N) is 2. The molecule has 0 fully saturated rings. The Balaban J connectivity index is 2.10. The van der Waals surface area contributed by atoms with E-state index in [2.05, 4.69) is 15.5 Å². The minimum atomic E-state index is -0.777. The number of aromatic amines is 1. The predicted octanol–water partition coefficient (Wildman–Crippen LogP) is 3.37. The standard InChI is InChI=1S/C15H14FN5O2/c1-8(9-5-3-2-4-6-9)18-14-11(21(22)23)7-10-13(12(14)16)19-20-15(10)17/h2-8,18H,1H3,(H3,17,19,20). The number of nitrogens with two attached hydrogens (primary N) is 1. The molecule has 1 heterocycles. The summed E-state index contributed by atoms with van der Waals surface area (Å²) in [4.78, 5) is 10.7. The molecule has 0 saturated heterocycles. The van der Waals surface area contributed by atoms with Gasteiger partial charge in [-0.05, 0) is 12.5 Å². The molecule has 1 atom stereocenters. The van der Waals surface area contributed by atoms with E-state index in [1.165, 1.54) is 6.07 Å². The first-order valence-electron chi connectivity index (χ1n) is 6.91. The van der Waals surface area contributed by atoms with E-state index in [0.717, 1.165) is 5.56 Å². The summed E-state index contributed by atoms with van der Waals surface area (Å²) in [5, 5.41) is 20.5. The monoisotopic (exact) mass is 315 g/mol. The van der Waals surface area contributed by atoms with Crippen LogP contribution in [-0.2, 0) is 0 Å². The number of fused-ring (bicyclic) bond motifs is 1. The first kappa shape index (κ1) is 14.8. The maximum Gasteiger partial charge on any atom is 0.296 e. The van der Waals surface area contributed by atoms with Crippen molar-refractivity contribution < 1.29 is 9.31 Å². The highest BCUT2D eigenvalue weighted by molar-refractivity contribution is 5.95. The van der Waals surface area contributed by atoms with E-state index < -0.39 is 10.7 Å². The van der Waals surface area contributed by atoms with E-state index in [4.69, 9.17) is 5.73 Å². The van der Waals surface area contributed by atoms with Gasteiger partial charge in [0.1, 0.15) is 5.52 Å². The minimum absolute atomic E-state index is 0.0182. The SMILES string of the molecule is CC(Nc1c([N+](=O)[O-])cc2c(N)n[nH]c2c1F)c1ccccc1. The molecule has 8 heteroatoms. The first-order valence-corrected chi connectivity index (χ1v) is 6.91. The fourth-order valence-corrected chi connectivity index (χ4v) is 2.45. The quantitative estimate of drug-likeness (QED) is 0.505. The van der Waals surface area contributed by atoms with Crippen LogP contribution in [0.2, 0.25) is 0 Å². The Bertz CT molecular complexity index is 878. The average molecular weight is 315 g/mol. The van der Waals surface area contributed by atoms with E-state index in [1.54, 1.807) is 6.92 Å². The highest BCUT2D eigenvalue weighted by Gasteiger charge is 2.25. The zero-order valence-electron chi connectivity index (χ0n) is 12.2. The third kappa shape index (κ3) is 2.54. The van der Waals surface area contributed by atoms with Crippen molar-refractivity contribution >= 4 is 28.1 Å². The van der Waals surface area contributed by atoms with Gasteiger partial charge in [0.25, 0.3) is 5.69 Å². The van der Waals surface area contributed by atoms with Gasteiger partial charge >= 0.3 is 0 Å². The molecule has 0 aliphatic heterocycles. The van der Waals surface area contributed by atoms with Gasteiger partial charge in [0.15, 0.2) is 17.3 Å². The van der Waals surface area contributed by atoms with Gasteiger partial charge in [0.2, 0.25) is 0 Å². The van der Waals surface area contributed by atoms with Crippen LogP contribution in [0.1, 0.15) is 18.5 Å². The molecule has 1 aromatic heterocycles. The van der Waals surface area contributed by atoms with Crippen LogP contribution < -0.4 is 11.1 Å². The fourth-order valence-electron chi connectivity index (χ4n) is 2.45. The molecule has 7 nitrogen and oxygen atoms in total. The summed E-state index contributed by atoms with van der Waals surface area (Å²) in [6.07, 6.45) is 0. The lowest BCUT2D eigenvalue weighted by molar-refractivity contribution is -0.384. The van der Waals surface area contributed by atoms with Crippen LogP contribution in [0.3, 0.4) is 0 Å². The predicted molar refractivity (Wildman–Crippen MR) is 85.6 cm³/mol. The van der Waals surface area contributed by atoms with Gasteiger partial charge in [-0.2, -0.15) is 5.10 Å². The molecule has 0 amide bonds. The van der Waals surface area contributed by atoms with Crippen LogP contribution in [-0.4, -0.2) is 15.1 Å². The Hall–Kier alpha value is -3.16. The lowest BCUT2D eigenvalue weighted by atomic mass is 10.1. The summed E-state index contributed by atoms with van der Waals surface area (Å²) < 4.78 is 14.7. The third-order valence-electron chi connectivity index (χ3n) is 3.67. The molecule has 2 aromatic carbocycles. The first-order chi connectivity index (χ1) is 11.0. The zero-order chi connectivity index (χ0) is 16.6. The summed E-state index contributed by atoms with van der Waals surface area (Å²) in [6, 6.07) is 10.2. The van der Waals surface area contributed by atoms with Crippen molar-refractivity contribution in [1.29, 1.82) is 0 Å². The number of hydrogen-bond donors (Lipinski definition) is 3. The lowest BCUT2D eigenvalue weighted by Crippen LogP contribution is -2.10. The second-order valence-corrected chi connectivity index (χ2v) is 5.15. The Morgan fingerprint density at radius 1 is 1.39 bits per heavy atom. The van der Waals surface area contributed by atoms with Gasteiger partial charge in [0.05, 0.1) is 10.3 Å². The Morgan fingerprint density at radius 3 is 2.74 bits per heavy atom. The molecule has 1 unspecified atom stereocenters. The number of hydrogen-bond acceptors (Lipinski definition) is 5. The van der Waals surface area contributed by atoms with Gasteiger partial charge in [-0.1, -0.05) is 30.3 Å².